The highest BCUT2D eigenvalue weighted by Gasteiger charge is 2.44. The van der Waals surface area contributed by atoms with E-state index in [4.69, 9.17) is 5.73 Å². The lowest BCUT2D eigenvalue weighted by Gasteiger charge is -2.29. The summed E-state index contributed by atoms with van der Waals surface area (Å²) in [6.45, 7) is 0. The Morgan fingerprint density at radius 1 is 1.00 bits per heavy atom. The van der Waals surface area contributed by atoms with Gasteiger partial charge >= 0.3 is 0 Å². The zero-order chi connectivity index (χ0) is 18.7. The number of fused-ring (bicyclic) bond motifs is 2. The molecule has 0 atom stereocenters. The van der Waals surface area contributed by atoms with Crippen molar-refractivity contribution in [2.24, 2.45) is 5.41 Å². The van der Waals surface area contributed by atoms with Gasteiger partial charge in [-0.3, -0.25) is 0 Å². The molecule has 2 aliphatic rings. The van der Waals surface area contributed by atoms with Gasteiger partial charge in [0.1, 0.15) is 5.52 Å². The molecule has 142 valence electrons. The lowest BCUT2D eigenvalue weighted by molar-refractivity contribution is 0.316. The highest BCUT2D eigenvalue weighted by molar-refractivity contribution is 5.86. The molecule has 4 aromatic rings. The van der Waals surface area contributed by atoms with Crippen molar-refractivity contribution in [1.29, 1.82) is 0 Å². The first-order valence-electron chi connectivity index (χ1n) is 9.91. The lowest BCUT2D eigenvalue weighted by Crippen LogP contribution is -2.28. The van der Waals surface area contributed by atoms with Gasteiger partial charge in [-0.1, -0.05) is 0 Å². The number of hydrogen-bond donors (Lipinski definition) is 2. The van der Waals surface area contributed by atoms with Crippen molar-refractivity contribution in [1.82, 2.24) is 29.2 Å². The Kier molecular flexibility index (Phi) is 3.21. The monoisotopic (exact) mass is 374 g/mol. The van der Waals surface area contributed by atoms with Crippen LogP contribution in [-0.4, -0.2) is 35.2 Å². The summed E-state index contributed by atoms with van der Waals surface area (Å²) >= 11 is 0. The number of nitrogens with one attached hydrogen (secondary N) is 1. The molecule has 0 amide bonds. The van der Waals surface area contributed by atoms with Gasteiger partial charge in [-0.15, -0.1) is 5.10 Å². The predicted octanol–water partition coefficient (Wildman–Crippen LogP) is 3.16. The molecule has 4 aromatic heterocycles. The fourth-order valence-corrected chi connectivity index (χ4v) is 4.52. The van der Waals surface area contributed by atoms with Crippen molar-refractivity contribution in [2.45, 2.75) is 44.6 Å². The second-order valence-corrected chi connectivity index (χ2v) is 8.21. The van der Waals surface area contributed by atoms with Crippen molar-refractivity contribution in [3.63, 3.8) is 0 Å². The summed E-state index contributed by atoms with van der Waals surface area (Å²) in [5, 5.41) is 12.3. The molecule has 0 aliphatic heterocycles. The highest BCUT2D eigenvalue weighted by atomic mass is 15.3. The van der Waals surface area contributed by atoms with Crippen molar-refractivity contribution in [2.75, 3.05) is 11.1 Å². The molecule has 0 aromatic carbocycles. The molecule has 2 aliphatic carbocycles. The first-order chi connectivity index (χ1) is 13.7. The van der Waals surface area contributed by atoms with Crippen molar-refractivity contribution in [3.05, 3.63) is 36.8 Å². The number of anilines is 2. The SMILES string of the molecule is Nc1nc(NC2CCC3(CC2)CC3)nn2ccc(-c3ccn4nccc4n3)c12. The van der Waals surface area contributed by atoms with Crippen LogP contribution in [0.15, 0.2) is 36.8 Å². The zero-order valence-corrected chi connectivity index (χ0v) is 15.5. The number of nitrogen functional groups attached to an aromatic ring is 1. The van der Waals surface area contributed by atoms with E-state index in [1.165, 1.54) is 38.5 Å². The molecule has 2 saturated carbocycles. The average molecular weight is 374 g/mol. The molecular formula is C20H22N8. The van der Waals surface area contributed by atoms with Gasteiger partial charge in [0.15, 0.2) is 11.5 Å². The number of hydrogen-bond acceptors (Lipinski definition) is 6. The highest BCUT2D eigenvalue weighted by Crippen LogP contribution is 2.56. The minimum Gasteiger partial charge on any atom is -0.382 e. The second kappa shape index (κ2) is 5.67. The van der Waals surface area contributed by atoms with Crippen molar-refractivity contribution < 1.29 is 0 Å². The molecule has 28 heavy (non-hydrogen) atoms. The van der Waals surface area contributed by atoms with Crippen LogP contribution in [0.2, 0.25) is 0 Å². The van der Waals surface area contributed by atoms with Crippen LogP contribution in [0.1, 0.15) is 38.5 Å². The fraction of sp³-hybridized carbons (Fsp3) is 0.400. The molecule has 2 fully saturated rings. The Labute approximate surface area is 161 Å². The summed E-state index contributed by atoms with van der Waals surface area (Å²) in [6, 6.07) is 6.22. The van der Waals surface area contributed by atoms with E-state index < -0.39 is 0 Å². The molecule has 3 N–H and O–H groups in total. The minimum atomic E-state index is 0.434. The molecule has 6 rings (SSSR count). The normalized spacial score (nSPS) is 18.9. The second-order valence-electron chi connectivity index (χ2n) is 8.21. The average Bonchev–Trinajstić information content (AvgIpc) is 3.11. The first kappa shape index (κ1) is 15.9. The number of nitrogens with zero attached hydrogens (tertiary/aromatic N) is 6. The summed E-state index contributed by atoms with van der Waals surface area (Å²) in [7, 11) is 0. The maximum absolute atomic E-state index is 6.33. The van der Waals surface area contributed by atoms with Crippen LogP contribution in [0.5, 0.6) is 0 Å². The van der Waals surface area contributed by atoms with Gasteiger partial charge in [0.25, 0.3) is 0 Å². The van der Waals surface area contributed by atoms with E-state index in [0.29, 0.717) is 23.2 Å². The van der Waals surface area contributed by atoms with Crippen molar-refractivity contribution >= 4 is 22.9 Å². The molecule has 0 saturated heterocycles. The summed E-state index contributed by atoms with van der Waals surface area (Å²) in [4.78, 5) is 9.21. The molecule has 0 unspecified atom stereocenters. The van der Waals surface area contributed by atoms with E-state index in [0.717, 1.165) is 22.4 Å². The standard InChI is InChI=1S/C20H22N8/c21-18-17-14(15-5-12-27-16(24-15)3-10-22-27)4-11-28(17)26-19(25-18)23-13-1-6-20(7-2-13)8-9-20/h3-5,10-13H,1-2,6-9H2,(H3,21,23,25,26). The van der Waals surface area contributed by atoms with Crippen molar-refractivity contribution in [3.8, 4) is 11.3 Å². The zero-order valence-electron chi connectivity index (χ0n) is 15.5. The maximum atomic E-state index is 6.33. The third-order valence-corrected chi connectivity index (χ3v) is 6.41. The molecule has 0 radical (unpaired) electrons. The minimum absolute atomic E-state index is 0.434. The van der Waals surface area contributed by atoms with Crippen LogP contribution in [0.25, 0.3) is 22.4 Å². The molecule has 4 heterocycles. The van der Waals surface area contributed by atoms with Crippen LogP contribution in [0, 0.1) is 5.41 Å². The number of rotatable bonds is 3. The largest absolute Gasteiger partial charge is 0.382 e. The first-order valence-corrected chi connectivity index (χ1v) is 9.91. The fourth-order valence-electron chi connectivity index (χ4n) is 4.52. The predicted molar refractivity (Wildman–Crippen MR) is 107 cm³/mol. The van der Waals surface area contributed by atoms with Gasteiger partial charge in [0, 0.05) is 30.1 Å². The van der Waals surface area contributed by atoms with E-state index in [9.17, 15) is 0 Å². The van der Waals surface area contributed by atoms with Gasteiger partial charge in [-0.2, -0.15) is 10.1 Å². The topological polar surface area (TPSA) is 98.4 Å². The quantitative estimate of drug-likeness (QED) is 0.572. The summed E-state index contributed by atoms with van der Waals surface area (Å²) in [5.74, 6) is 1.06. The summed E-state index contributed by atoms with van der Waals surface area (Å²) in [6.07, 6.45) is 13.4. The van der Waals surface area contributed by atoms with Crippen LogP contribution in [0.3, 0.4) is 0 Å². The molecular weight excluding hydrogens is 352 g/mol. The summed E-state index contributed by atoms with van der Waals surface area (Å²) < 4.78 is 3.53. The van der Waals surface area contributed by atoms with E-state index >= 15 is 0 Å². The van der Waals surface area contributed by atoms with Gasteiger partial charge in [-0.25, -0.2) is 14.0 Å². The Hall–Kier alpha value is -3.16. The number of aromatic nitrogens is 6. The van der Waals surface area contributed by atoms with E-state index in [1.807, 2.05) is 30.6 Å². The van der Waals surface area contributed by atoms with E-state index in [-0.39, 0.29) is 0 Å². The molecule has 1 spiro atoms. The lowest BCUT2D eigenvalue weighted by atomic mass is 9.83. The Morgan fingerprint density at radius 3 is 2.64 bits per heavy atom. The van der Waals surface area contributed by atoms with Gasteiger partial charge in [0.05, 0.1) is 11.9 Å². The maximum Gasteiger partial charge on any atom is 0.243 e. The van der Waals surface area contributed by atoms with Gasteiger partial charge < -0.3 is 11.1 Å². The molecule has 8 heteroatoms. The van der Waals surface area contributed by atoms with E-state index in [2.05, 4.69) is 25.5 Å². The van der Waals surface area contributed by atoms with Crippen LogP contribution < -0.4 is 11.1 Å². The van der Waals surface area contributed by atoms with Crippen LogP contribution in [-0.2, 0) is 0 Å². The Bertz CT molecular complexity index is 1180. The summed E-state index contributed by atoms with van der Waals surface area (Å²) in [5.41, 5.74) is 10.3. The molecule has 8 nitrogen and oxygen atoms in total. The van der Waals surface area contributed by atoms with Crippen LogP contribution in [0.4, 0.5) is 11.8 Å². The smallest absolute Gasteiger partial charge is 0.243 e. The molecule has 0 bridgehead atoms. The van der Waals surface area contributed by atoms with Crippen LogP contribution >= 0.6 is 0 Å². The van der Waals surface area contributed by atoms with Gasteiger partial charge in [-0.05, 0) is 56.1 Å². The number of nitrogens with two attached hydrogens (primary N) is 1. The van der Waals surface area contributed by atoms with E-state index in [1.54, 1.807) is 15.2 Å². The third kappa shape index (κ3) is 2.51. The third-order valence-electron chi connectivity index (χ3n) is 6.41. The van der Waals surface area contributed by atoms with Gasteiger partial charge in [0.2, 0.25) is 5.95 Å². The Balaban J connectivity index is 1.31. The Morgan fingerprint density at radius 2 is 1.82 bits per heavy atom.